The SMILES string of the molecule is COC[C@H]1O[C@H](O)[C@H](O[C@H]2O[C@H](CO)[C@@H](O)[C@H](O)[C@H]2O)[C@@H](O)[C@@H]1OC. The van der Waals surface area contributed by atoms with Gasteiger partial charge in [0.05, 0.1) is 13.2 Å². The zero-order valence-electron chi connectivity index (χ0n) is 13.9. The van der Waals surface area contributed by atoms with Crippen LogP contribution in [0.2, 0.25) is 0 Å². The number of ether oxygens (including phenoxy) is 5. The van der Waals surface area contributed by atoms with Crippen LogP contribution >= 0.6 is 0 Å². The molecule has 0 aromatic rings. The minimum absolute atomic E-state index is 0.0550. The van der Waals surface area contributed by atoms with Crippen LogP contribution in [0.25, 0.3) is 0 Å². The molecule has 6 N–H and O–H groups in total. The predicted molar refractivity (Wildman–Crippen MR) is 78.2 cm³/mol. The van der Waals surface area contributed by atoms with Gasteiger partial charge in [0.2, 0.25) is 0 Å². The summed E-state index contributed by atoms with van der Waals surface area (Å²) in [5.41, 5.74) is 0. The van der Waals surface area contributed by atoms with E-state index in [9.17, 15) is 30.6 Å². The summed E-state index contributed by atoms with van der Waals surface area (Å²) in [5.74, 6) is 0. The molecule has 148 valence electrons. The fourth-order valence-electron chi connectivity index (χ4n) is 2.98. The van der Waals surface area contributed by atoms with Crippen LogP contribution in [0.3, 0.4) is 0 Å². The first-order valence-electron chi connectivity index (χ1n) is 7.85. The Morgan fingerprint density at radius 3 is 2.04 bits per heavy atom. The number of hydrogen-bond acceptors (Lipinski definition) is 11. The Hall–Kier alpha value is -0.440. The van der Waals surface area contributed by atoms with Gasteiger partial charge in [-0.3, -0.25) is 0 Å². The molecule has 2 saturated heterocycles. The molecule has 0 amide bonds. The quantitative estimate of drug-likeness (QED) is 0.269. The topological polar surface area (TPSA) is 168 Å². The van der Waals surface area contributed by atoms with Crippen LogP contribution in [-0.2, 0) is 23.7 Å². The molecule has 2 fully saturated rings. The standard InChI is InChI=1S/C14H26O11/c1-21-4-6-11(22-2)10(19)12(13(20)23-6)25-14-9(18)8(17)7(16)5(3-15)24-14/h5-20H,3-4H2,1-2H3/t5-,6-,7-,8+,9-,10+,11-,12-,13+,14-/m1/s1. The molecule has 0 radical (unpaired) electrons. The Balaban J connectivity index is 2.09. The highest BCUT2D eigenvalue weighted by atomic mass is 16.7. The van der Waals surface area contributed by atoms with Gasteiger partial charge in [-0.05, 0) is 0 Å². The third-order valence-corrected chi connectivity index (χ3v) is 4.38. The number of rotatable bonds is 6. The fourth-order valence-corrected chi connectivity index (χ4v) is 2.98. The Morgan fingerprint density at radius 1 is 0.800 bits per heavy atom. The van der Waals surface area contributed by atoms with Gasteiger partial charge in [-0.2, -0.15) is 0 Å². The first-order chi connectivity index (χ1) is 11.8. The molecule has 10 atom stereocenters. The third kappa shape index (κ3) is 4.28. The molecule has 11 nitrogen and oxygen atoms in total. The van der Waals surface area contributed by atoms with E-state index in [1.165, 1.54) is 14.2 Å². The van der Waals surface area contributed by atoms with E-state index in [-0.39, 0.29) is 6.61 Å². The summed E-state index contributed by atoms with van der Waals surface area (Å²) in [6, 6.07) is 0. The van der Waals surface area contributed by atoms with Crippen molar-refractivity contribution in [3.05, 3.63) is 0 Å². The first kappa shape index (κ1) is 20.9. The van der Waals surface area contributed by atoms with Crippen molar-refractivity contribution < 1.29 is 54.3 Å². The molecule has 2 heterocycles. The average molecular weight is 370 g/mol. The summed E-state index contributed by atoms with van der Waals surface area (Å²) in [6.45, 7) is -0.576. The zero-order valence-corrected chi connectivity index (χ0v) is 13.9. The molecule has 0 aromatic heterocycles. The van der Waals surface area contributed by atoms with Crippen LogP contribution in [0.4, 0.5) is 0 Å². The molecule has 0 bridgehead atoms. The van der Waals surface area contributed by atoms with Crippen LogP contribution in [0.1, 0.15) is 0 Å². The molecule has 0 aromatic carbocycles. The Kier molecular flexibility index (Phi) is 7.49. The van der Waals surface area contributed by atoms with Gasteiger partial charge >= 0.3 is 0 Å². The molecule has 11 heteroatoms. The highest BCUT2D eigenvalue weighted by molar-refractivity contribution is 4.93. The van der Waals surface area contributed by atoms with E-state index in [1.807, 2.05) is 0 Å². The van der Waals surface area contributed by atoms with E-state index < -0.39 is 68.0 Å². The van der Waals surface area contributed by atoms with Crippen LogP contribution < -0.4 is 0 Å². The van der Waals surface area contributed by atoms with Gasteiger partial charge in [-0.25, -0.2) is 0 Å². The highest BCUT2D eigenvalue weighted by Crippen LogP contribution is 2.29. The predicted octanol–water partition coefficient (Wildman–Crippen LogP) is -4.09. The van der Waals surface area contributed by atoms with Gasteiger partial charge in [0.1, 0.15) is 48.8 Å². The van der Waals surface area contributed by atoms with Gasteiger partial charge < -0.3 is 54.3 Å². The van der Waals surface area contributed by atoms with Gasteiger partial charge in [0, 0.05) is 14.2 Å². The summed E-state index contributed by atoms with van der Waals surface area (Å²) in [4.78, 5) is 0. The van der Waals surface area contributed by atoms with Crippen LogP contribution in [0.15, 0.2) is 0 Å². The van der Waals surface area contributed by atoms with Crippen molar-refractivity contribution in [2.45, 2.75) is 61.4 Å². The Bertz CT molecular complexity index is 408. The van der Waals surface area contributed by atoms with E-state index in [4.69, 9.17) is 23.7 Å². The second kappa shape index (κ2) is 8.97. The monoisotopic (exact) mass is 370 g/mol. The molecular weight excluding hydrogens is 344 g/mol. The molecule has 2 aliphatic heterocycles. The number of aliphatic hydroxyl groups excluding tert-OH is 6. The summed E-state index contributed by atoms with van der Waals surface area (Å²) >= 11 is 0. The molecule has 0 unspecified atom stereocenters. The van der Waals surface area contributed by atoms with Gasteiger partial charge in [0.25, 0.3) is 0 Å². The molecule has 0 spiro atoms. The minimum Gasteiger partial charge on any atom is -0.394 e. The second-order valence-corrected chi connectivity index (χ2v) is 6.01. The lowest BCUT2D eigenvalue weighted by molar-refractivity contribution is -0.363. The van der Waals surface area contributed by atoms with Crippen LogP contribution in [-0.4, -0.2) is 119 Å². The molecule has 0 aliphatic carbocycles. The Labute approximate surface area is 144 Å². The minimum atomic E-state index is -1.67. The van der Waals surface area contributed by atoms with E-state index in [2.05, 4.69) is 0 Å². The van der Waals surface area contributed by atoms with Crippen molar-refractivity contribution in [3.8, 4) is 0 Å². The van der Waals surface area contributed by atoms with E-state index in [0.717, 1.165) is 0 Å². The summed E-state index contributed by atoms with van der Waals surface area (Å²) < 4.78 is 26.0. The van der Waals surface area contributed by atoms with E-state index in [1.54, 1.807) is 0 Å². The lowest BCUT2D eigenvalue weighted by Gasteiger charge is -2.45. The van der Waals surface area contributed by atoms with Crippen molar-refractivity contribution in [2.24, 2.45) is 0 Å². The smallest absolute Gasteiger partial charge is 0.187 e. The lowest BCUT2D eigenvalue weighted by Crippen LogP contribution is -2.64. The maximum Gasteiger partial charge on any atom is 0.187 e. The molecule has 25 heavy (non-hydrogen) atoms. The van der Waals surface area contributed by atoms with Gasteiger partial charge in [-0.1, -0.05) is 0 Å². The first-order valence-corrected chi connectivity index (χ1v) is 7.85. The maximum atomic E-state index is 10.4. The van der Waals surface area contributed by atoms with Crippen LogP contribution in [0.5, 0.6) is 0 Å². The summed E-state index contributed by atoms with van der Waals surface area (Å²) in [6.07, 6.45) is -13.5. The highest BCUT2D eigenvalue weighted by Gasteiger charge is 2.50. The van der Waals surface area contributed by atoms with Gasteiger partial charge in [-0.15, -0.1) is 0 Å². The molecular formula is C14H26O11. The molecule has 2 aliphatic rings. The number of hydrogen-bond donors (Lipinski definition) is 6. The summed E-state index contributed by atoms with van der Waals surface area (Å²) in [7, 11) is 2.76. The number of methoxy groups -OCH3 is 2. The molecule has 0 saturated carbocycles. The normalized spacial score (nSPS) is 48.5. The maximum absolute atomic E-state index is 10.4. The average Bonchev–Trinajstić information content (AvgIpc) is 2.58. The number of aliphatic hydroxyl groups is 6. The second-order valence-electron chi connectivity index (χ2n) is 6.01. The largest absolute Gasteiger partial charge is 0.394 e. The Morgan fingerprint density at radius 2 is 1.48 bits per heavy atom. The van der Waals surface area contributed by atoms with E-state index >= 15 is 0 Å². The lowest BCUT2D eigenvalue weighted by atomic mass is 9.97. The van der Waals surface area contributed by atoms with Crippen molar-refractivity contribution >= 4 is 0 Å². The van der Waals surface area contributed by atoms with E-state index in [0.29, 0.717) is 0 Å². The fraction of sp³-hybridized carbons (Fsp3) is 1.00. The van der Waals surface area contributed by atoms with Crippen LogP contribution in [0, 0.1) is 0 Å². The van der Waals surface area contributed by atoms with Crippen molar-refractivity contribution in [3.63, 3.8) is 0 Å². The van der Waals surface area contributed by atoms with Crippen molar-refractivity contribution in [1.29, 1.82) is 0 Å². The zero-order chi connectivity index (χ0) is 18.7. The third-order valence-electron chi connectivity index (χ3n) is 4.38. The van der Waals surface area contributed by atoms with Crippen molar-refractivity contribution in [2.75, 3.05) is 27.4 Å². The molecule has 2 rings (SSSR count). The van der Waals surface area contributed by atoms with Crippen molar-refractivity contribution in [1.82, 2.24) is 0 Å². The summed E-state index contributed by atoms with van der Waals surface area (Å²) in [5, 5.41) is 59.2. The van der Waals surface area contributed by atoms with Gasteiger partial charge in [0.15, 0.2) is 12.6 Å².